The second-order valence-electron chi connectivity index (χ2n) is 6.76. The second-order valence-corrected chi connectivity index (χ2v) is 7.85. The Balaban J connectivity index is 1.43. The summed E-state index contributed by atoms with van der Waals surface area (Å²) in [4.78, 5) is 12.5. The number of nitrogens with two attached hydrogens (primary N) is 1. The number of hydrogen-bond donors (Lipinski definition) is 1. The van der Waals surface area contributed by atoms with Crippen LogP contribution in [0.4, 0.5) is 11.4 Å². The Bertz CT molecular complexity index is 959. The summed E-state index contributed by atoms with van der Waals surface area (Å²) in [5.74, 6) is 1.47. The van der Waals surface area contributed by atoms with Crippen molar-refractivity contribution in [2.75, 3.05) is 44.0 Å². The highest BCUT2D eigenvalue weighted by atomic mass is 32.2. The van der Waals surface area contributed by atoms with Crippen LogP contribution in [0.25, 0.3) is 0 Å². The molecule has 2 aromatic carbocycles. The van der Waals surface area contributed by atoms with Gasteiger partial charge in [0, 0.05) is 36.3 Å². The molecule has 2 N–H and O–H groups in total. The normalized spacial score (nSPS) is 14.0. The lowest BCUT2D eigenvalue weighted by atomic mass is 10.1. The van der Waals surface area contributed by atoms with E-state index in [1.807, 2.05) is 24.3 Å². The summed E-state index contributed by atoms with van der Waals surface area (Å²) >= 11 is 1.57. The third kappa shape index (κ3) is 4.99. The maximum atomic E-state index is 5.89. The summed E-state index contributed by atoms with van der Waals surface area (Å²) in [6.07, 6.45) is 2.50. The van der Waals surface area contributed by atoms with E-state index in [9.17, 15) is 0 Å². The van der Waals surface area contributed by atoms with Gasteiger partial charge >= 0.3 is 0 Å². The van der Waals surface area contributed by atoms with E-state index < -0.39 is 0 Å². The third-order valence-electron chi connectivity index (χ3n) is 4.78. The Kier molecular flexibility index (Phi) is 6.17. The summed E-state index contributed by atoms with van der Waals surface area (Å²) < 4.78 is 10.7. The SMILES string of the molecule is COc1cc(Sc2ccnc(Cc3ccc(N4CCOCC4)cc3)n2)ccc1N. The molecule has 1 fully saturated rings. The van der Waals surface area contributed by atoms with Crippen LogP contribution in [0.5, 0.6) is 5.75 Å². The van der Waals surface area contributed by atoms with Gasteiger partial charge in [0.2, 0.25) is 0 Å². The van der Waals surface area contributed by atoms with Crippen molar-refractivity contribution in [1.82, 2.24) is 9.97 Å². The molecule has 0 aliphatic carbocycles. The summed E-state index contributed by atoms with van der Waals surface area (Å²) in [7, 11) is 1.62. The topological polar surface area (TPSA) is 73.5 Å². The van der Waals surface area contributed by atoms with E-state index in [0.717, 1.165) is 42.0 Å². The molecule has 0 bridgehead atoms. The Labute approximate surface area is 175 Å². The molecule has 3 aromatic rings. The van der Waals surface area contributed by atoms with Crippen LogP contribution >= 0.6 is 11.8 Å². The molecule has 4 rings (SSSR count). The first-order valence-electron chi connectivity index (χ1n) is 9.56. The summed E-state index contributed by atoms with van der Waals surface area (Å²) in [6.45, 7) is 3.47. The van der Waals surface area contributed by atoms with E-state index in [2.05, 4.69) is 34.1 Å². The predicted octanol–water partition coefficient (Wildman–Crippen LogP) is 3.65. The van der Waals surface area contributed by atoms with Gasteiger partial charge in [0.25, 0.3) is 0 Å². The van der Waals surface area contributed by atoms with Gasteiger partial charge in [-0.1, -0.05) is 23.9 Å². The monoisotopic (exact) mass is 408 g/mol. The van der Waals surface area contributed by atoms with Crippen molar-refractivity contribution in [2.45, 2.75) is 16.3 Å². The van der Waals surface area contributed by atoms with Crippen LogP contribution in [-0.4, -0.2) is 43.4 Å². The number of aromatic nitrogens is 2. The Morgan fingerprint density at radius 3 is 2.66 bits per heavy atom. The minimum atomic E-state index is 0.626. The third-order valence-corrected chi connectivity index (χ3v) is 5.71. The van der Waals surface area contributed by atoms with E-state index in [4.69, 9.17) is 20.2 Å². The molecule has 7 heteroatoms. The van der Waals surface area contributed by atoms with Crippen LogP contribution < -0.4 is 15.4 Å². The zero-order valence-electron chi connectivity index (χ0n) is 16.4. The van der Waals surface area contributed by atoms with Gasteiger partial charge in [-0.3, -0.25) is 0 Å². The van der Waals surface area contributed by atoms with Gasteiger partial charge in [0.1, 0.15) is 16.6 Å². The van der Waals surface area contributed by atoms with Gasteiger partial charge in [0.05, 0.1) is 26.0 Å². The quantitative estimate of drug-likeness (QED) is 0.493. The van der Waals surface area contributed by atoms with E-state index >= 15 is 0 Å². The van der Waals surface area contributed by atoms with Gasteiger partial charge in [-0.25, -0.2) is 9.97 Å². The Morgan fingerprint density at radius 1 is 1.10 bits per heavy atom. The summed E-state index contributed by atoms with van der Waals surface area (Å²) in [5.41, 5.74) is 8.95. The molecule has 1 aliphatic rings. The first kappa shape index (κ1) is 19.5. The van der Waals surface area contributed by atoms with Gasteiger partial charge in [-0.2, -0.15) is 0 Å². The molecule has 0 spiro atoms. The number of morpholine rings is 1. The summed E-state index contributed by atoms with van der Waals surface area (Å²) in [5, 5.41) is 0.895. The number of hydrogen-bond acceptors (Lipinski definition) is 7. The molecule has 150 valence electrons. The zero-order valence-corrected chi connectivity index (χ0v) is 17.2. The molecule has 0 atom stereocenters. The highest BCUT2D eigenvalue weighted by molar-refractivity contribution is 7.99. The van der Waals surface area contributed by atoms with Crippen molar-refractivity contribution < 1.29 is 9.47 Å². The maximum Gasteiger partial charge on any atom is 0.142 e. The number of methoxy groups -OCH3 is 1. The Hall–Kier alpha value is -2.77. The number of nitrogens with zero attached hydrogens (tertiary/aromatic N) is 3. The molecule has 0 saturated carbocycles. The van der Waals surface area contributed by atoms with Crippen molar-refractivity contribution in [1.29, 1.82) is 0 Å². The first-order valence-corrected chi connectivity index (χ1v) is 10.4. The zero-order chi connectivity index (χ0) is 20.1. The van der Waals surface area contributed by atoms with Crippen LogP contribution in [0.2, 0.25) is 0 Å². The van der Waals surface area contributed by atoms with E-state index in [1.165, 1.54) is 11.3 Å². The van der Waals surface area contributed by atoms with E-state index in [0.29, 0.717) is 17.9 Å². The fraction of sp³-hybridized carbons (Fsp3) is 0.273. The maximum absolute atomic E-state index is 5.89. The lowest BCUT2D eigenvalue weighted by Crippen LogP contribution is -2.36. The average molecular weight is 409 g/mol. The first-order chi connectivity index (χ1) is 14.2. The summed E-state index contributed by atoms with van der Waals surface area (Å²) in [6, 6.07) is 16.3. The molecule has 6 nitrogen and oxygen atoms in total. The largest absolute Gasteiger partial charge is 0.495 e. The number of benzene rings is 2. The minimum Gasteiger partial charge on any atom is -0.495 e. The fourth-order valence-corrected chi connectivity index (χ4v) is 4.05. The van der Waals surface area contributed by atoms with Crippen molar-refractivity contribution in [3.05, 3.63) is 66.1 Å². The molecule has 29 heavy (non-hydrogen) atoms. The molecule has 0 amide bonds. The van der Waals surface area contributed by atoms with Crippen molar-refractivity contribution in [3.63, 3.8) is 0 Å². The molecule has 0 unspecified atom stereocenters. The second kappa shape index (κ2) is 9.15. The molecule has 1 aliphatic heterocycles. The van der Waals surface area contributed by atoms with Crippen molar-refractivity contribution >= 4 is 23.1 Å². The van der Waals surface area contributed by atoms with Crippen molar-refractivity contribution in [3.8, 4) is 5.75 Å². The average Bonchev–Trinajstić information content (AvgIpc) is 2.76. The van der Waals surface area contributed by atoms with Gasteiger partial charge in [0.15, 0.2) is 0 Å². The molecule has 1 saturated heterocycles. The van der Waals surface area contributed by atoms with Gasteiger partial charge in [-0.15, -0.1) is 0 Å². The highest BCUT2D eigenvalue weighted by Gasteiger charge is 2.11. The van der Waals surface area contributed by atoms with E-state index in [1.54, 1.807) is 25.1 Å². The smallest absolute Gasteiger partial charge is 0.142 e. The van der Waals surface area contributed by atoms with Gasteiger partial charge < -0.3 is 20.1 Å². The van der Waals surface area contributed by atoms with Crippen LogP contribution in [0.15, 0.2) is 64.6 Å². The number of rotatable bonds is 6. The minimum absolute atomic E-state index is 0.626. The lowest BCUT2D eigenvalue weighted by Gasteiger charge is -2.28. The number of anilines is 2. The predicted molar refractivity (Wildman–Crippen MR) is 116 cm³/mol. The molecule has 2 heterocycles. The number of ether oxygens (including phenoxy) is 2. The van der Waals surface area contributed by atoms with Crippen LogP contribution in [0.1, 0.15) is 11.4 Å². The lowest BCUT2D eigenvalue weighted by molar-refractivity contribution is 0.122. The fourth-order valence-electron chi connectivity index (χ4n) is 3.23. The standard InChI is InChI=1S/C22H24N4O2S/c1-27-20-15-18(6-7-19(20)23)29-22-8-9-24-21(25-22)14-16-2-4-17(5-3-16)26-10-12-28-13-11-26/h2-9,15H,10-14,23H2,1H3. The molecular weight excluding hydrogens is 384 g/mol. The van der Waals surface area contributed by atoms with Crippen LogP contribution in [0, 0.1) is 0 Å². The van der Waals surface area contributed by atoms with Crippen LogP contribution in [-0.2, 0) is 11.2 Å². The molecule has 0 radical (unpaired) electrons. The van der Waals surface area contributed by atoms with E-state index in [-0.39, 0.29) is 0 Å². The number of nitrogen functional groups attached to an aromatic ring is 1. The van der Waals surface area contributed by atoms with Crippen LogP contribution in [0.3, 0.4) is 0 Å². The highest BCUT2D eigenvalue weighted by Crippen LogP contribution is 2.32. The van der Waals surface area contributed by atoms with Gasteiger partial charge in [-0.05, 0) is 42.0 Å². The van der Waals surface area contributed by atoms with Crippen molar-refractivity contribution in [2.24, 2.45) is 0 Å². The Morgan fingerprint density at radius 2 is 1.90 bits per heavy atom. The molecule has 1 aromatic heterocycles. The molecular formula is C22H24N4O2S.